The lowest BCUT2D eigenvalue weighted by atomic mass is 10.0. The van der Waals surface area contributed by atoms with Crippen LogP contribution < -0.4 is 5.73 Å². The van der Waals surface area contributed by atoms with Crippen LogP contribution in [-0.4, -0.2) is 15.2 Å². The van der Waals surface area contributed by atoms with E-state index in [1.54, 1.807) is 12.4 Å². The van der Waals surface area contributed by atoms with Gasteiger partial charge in [-0.1, -0.05) is 23.8 Å². The topological polar surface area (TPSA) is 67.6 Å². The lowest BCUT2D eigenvalue weighted by Crippen LogP contribution is -1.89. The second kappa shape index (κ2) is 4.57. The van der Waals surface area contributed by atoms with Gasteiger partial charge in [-0.15, -0.1) is 0 Å². The van der Waals surface area contributed by atoms with E-state index in [2.05, 4.69) is 34.2 Å². The third-order valence-electron chi connectivity index (χ3n) is 3.07. The highest BCUT2D eigenvalue weighted by atomic mass is 15.2. The number of H-pyrrole nitrogens is 1. The Balaban J connectivity index is 2.19. The molecule has 3 N–H and O–H groups in total. The minimum Gasteiger partial charge on any atom is -0.382 e. The van der Waals surface area contributed by atoms with Crippen molar-refractivity contribution in [3.63, 3.8) is 0 Å². The molecule has 0 aliphatic heterocycles. The Morgan fingerprint density at radius 2 is 1.84 bits per heavy atom. The van der Waals surface area contributed by atoms with E-state index < -0.39 is 0 Å². The van der Waals surface area contributed by atoms with Crippen LogP contribution in [0.15, 0.2) is 48.8 Å². The van der Waals surface area contributed by atoms with E-state index in [-0.39, 0.29) is 0 Å². The third kappa shape index (κ3) is 2.08. The molecule has 19 heavy (non-hydrogen) atoms. The zero-order valence-corrected chi connectivity index (χ0v) is 10.6. The summed E-state index contributed by atoms with van der Waals surface area (Å²) in [7, 11) is 0. The number of pyridine rings is 1. The zero-order valence-electron chi connectivity index (χ0n) is 10.6. The molecule has 0 atom stereocenters. The van der Waals surface area contributed by atoms with Gasteiger partial charge in [0.1, 0.15) is 0 Å². The predicted molar refractivity (Wildman–Crippen MR) is 76.4 cm³/mol. The van der Waals surface area contributed by atoms with Crippen LogP contribution in [0.4, 0.5) is 5.82 Å². The highest BCUT2D eigenvalue weighted by Crippen LogP contribution is 2.34. The molecule has 0 radical (unpaired) electrons. The zero-order chi connectivity index (χ0) is 13.2. The first-order valence-electron chi connectivity index (χ1n) is 6.07. The van der Waals surface area contributed by atoms with Crippen molar-refractivity contribution in [2.75, 3.05) is 5.73 Å². The molecule has 0 unspecified atom stereocenters. The monoisotopic (exact) mass is 250 g/mol. The van der Waals surface area contributed by atoms with Crippen molar-refractivity contribution in [3.8, 4) is 22.4 Å². The van der Waals surface area contributed by atoms with E-state index >= 15 is 0 Å². The van der Waals surface area contributed by atoms with Crippen LogP contribution in [0.2, 0.25) is 0 Å². The first-order valence-corrected chi connectivity index (χ1v) is 6.07. The Hall–Kier alpha value is -2.62. The van der Waals surface area contributed by atoms with Crippen molar-refractivity contribution in [1.29, 1.82) is 0 Å². The summed E-state index contributed by atoms with van der Waals surface area (Å²) in [6.07, 6.45) is 3.50. The first kappa shape index (κ1) is 11.5. The Bertz CT molecular complexity index is 701. The Kier molecular flexibility index (Phi) is 2.76. The minimum absolute atomic E-state index is 0.503. The molecule has 0 spiro atoms. The first-order chi connectivity index (χ1) is 9.25. The van der Waals surface area contributed by atoms with Crippen LogP contribution >= 0.6 is 0 Å². The SMILES string of the molecule is Cc1cccc(-c2[nH]nc(N)c2-c2ccncc2)c1. The smallest absolute Gasteiger partial charge is 0.153 e. The summed E-state index contributed by atoms with van der Waals surface area (Å²) in [4.78, 5) is 4.03. The summed E-state index contributed by atoms with van der Waals surface area (Å²) < 4.78 is 0. The molecular formula is C15H14N4. The second-order valence-corrected chi connectivity index (χ2v) is 4.46. The van der Waals surface area contributed by atoms with Gasteiger partial charge in [-0.2, -0.15) is 5.10 Å². The molecule has 0 amide bonds. The average Bonchev–Trinajstić information content (AvgIpc) is 2.82. The Morgan fingerprint density at radius 1 is 1.05 bits per heavy atom. The number of benzene rings is 1. The number of nitrogens with zero attached hydrogens (tertiary/aromatic N) is 2. The van der Waals surface area contributed by atoms with Gasteiger partial charge in [0.05, 0.1) is 11.3 Å². The molecule has 2 aromatic heterocycles. The molecule has 0 saturated carbocycles. The number of anilines is 1. The molecular weight excluding hydrogens is 236 g/mol. The van der Waals surface area contributed by atoms with Gasteiger partial charge in [-0.05, 0) is 30.7 Å². The highest BCUT2D eigenvalue weighted by molar-refractivity contribution is 5.87. The van der Waals surface area contributed by atoms with E-state index in [1.807, 2.05) is 24.3 Å². The van der Waals surface area contributed by atoms with Gasteiger partial charge in [0.25, 0.3) is 0 Å². The van der Waals surface area contributed by atoms with Crippen LogP contribution in [0.5, 0.6) is 0 Å². The number of nitrogen functional groups attached to an aromatic ring is 1. The molecule has 3 rings (SSSR count). The molecule has 4 heteroatoms. The fourth-order valence-electron chi connectivity index (χ4n) is 2.18. The van der Waals surface area contributed by atoms with E-state index in [0.717, 1.165) is 22.4 Å². The number of nitrogens with two attached hydrogens (primary N) is 1. The highest BCUT2D eigenvalue weighted by Gasteiger charge is 2.14. The maximum Gasteiger partial charge on any atom is 0.153 e. The largest absolute Gasteiger partial charge is 0.382 e. The fourth-order valence-corrected chi connectivity index (χ4v) is 2.18. The van der Waals surface area contributed by atoms with E-state index in [9.17, 15) is 0 Å². The van der Waals surface area contributed by atoms with Crippen LogP contribution in [0.1, 0.15) is 5.56 Å². The lowest BCUT2D eigenvalue weighted by molar-refractivity contribution is 1.10. The summed E-state index contributed by atoms with van der Waals surface area (Å²) in [6, 6.07) is 12.1. The molecule has 0 saturated heterocycles. The number of nitrogens with one attached hydrogen (secondary N) is 1. The van der Waals surface area contributed by atoms with Crippen molar-refractivity contribution in [2.45, 2.75) is 6.92 Å². The molecule has 94 valence electrons. The van der Waals surface area contributed by atoms with Crippen LogP contribution in [-0.2, 0) is 0 Å². The number of rotatable bonds is 2. The van der Waals surface area contributed by atoms with Gasteiger partial charge in [-0.25, -0.2) is 0 Å². The number of hydrogen-bond donors (Lipinski definition) is 2. The summed E-state index contributed by atoms with van der Waals surface area (Å²) >= 11 is 0. The Labute approximate surface area is 111 Å². The third-order valence-corrected chi connectivity index (χ3v) is 3.07. The molecule has 4 nitrogen and oxygen atoms in total. The van der Waals surface area contributed by atoms with Crippen LogP contribution in [0, 0.1) is 6.92 Å². The average molecular weight is 250 g/mol. The molecule has 0 aliphatic rings. The number of aromatic nitrogens is 3. The molecule has 0 fully saturated rings. The maximum absolute atomic E-state index is 5.99. The molecule has 0 bridgehead atoms. The van der Waals surface area contributed by atoms with Gasteiger partial charge < -0.3 is 5.73 Å². The summed E-state index contributed by atoms with van der Waals surface area (Å²) in [5.74, 6) is 0.503. The number of aryl methyl sites for hydroxylation is 1. The predicted octanol–water partition coefficient (Wildman–Crippen LogP) is 3.03. The summed E-state index contributed by atoms with van der Waals surface area (Å²) in [5.41, 5.74) is 11.1. The maximum atomic E-state index is 5.99. The fraction of sp³-hybridized carbons (Fsp3) is 0.0667. The summed E-state index contributed by atoms with van der Waals surface area (Å²) in [6.45, 7) is 2.06. The van der Waals surface area contributed by atoms with Gasteiger partial charge >= 0.3 is 0 Å². The van der Waals surface area contributed by atoms with Crippen molar-refractivity contribution in [2.24, 2.45) is 0 Å². The van der Waals surface area contributed by atoms with E-state index in [4.69, 9.17) is 5.73 Å². The number of hydrogen-bond acceptors (Lipinski definition) is 3. The molecule has 2 heterocycles. The Morgan fingerprint density at radius 3 is 2.58 bits per heavy atom. The molecule has 1 aromatic carbocycles. The standard InChI is InChI=1S/C15H14N4/c1-10-3-2-4-12(9-10)14-13(15(16)19-18-14)11-5-7-17-8-6-11/h2-9H,1H3,(H3,16,18,19). The van der Waals surface area contributed by atoms with Crippen molar-refractivity contribution >= 4 is 5.82 Å². The van der Waals surface area contributed by atoms with Gasteiger partial charge in [0.15, 0.2) is 5.82 Å². The number of aromatic amines is 1. The lowest BCUT2D eigenvalue weighted by Gasteiger charge is -2.05. The van der Waals surface area contributed by atoms with Crippen molar-refractivity contribution in [1.82, 2.24) is 15.2 Å². The van der Waals surface area contributed by atoms with Crippen LogP contribution in [0.3, 0.4) is 0 Å². The molecule has 0 aliphatic carbocycles. The van der Waals surface area contributed by atoms with Crippen molar-refractivity contribution < 1.29 is 0 Å². The quantitative estimate of drug-likeness (QED) is 0.734. The molecule has 3 aromatic rings. The van der Waals surface area contributed by atoms with Crippen molar-refractivity contribution in [3.05, 3.63) is 54.4 Å². The van der Waals surface area contributed by atoms with Gasteiger partial charge in [0, 0.05) is 18.0 Å². The van der Waals surface area contributed by atoms with E-state index in [1.165, 1.54) is 5.56 Å². The van der Waals surface area contributed by atoms with E-state index in [0.29, 0.717) is 5.82 Å². The minimum atomic E-state index is 0.503. The normalized spacial score (nSPS) is 10.6. The second-order valence-electron chi connectivity index (χ2n) is 4.46. The van der Waals surface area contributed by atoms with Gasteiger partial charge in [0.2, 0.25) is 0 Å². The summed E-state index contributed by atoms with van der Waals surface area (Å²) in [5, 5.41) is 7.15. The van der Waals surface area contributed by atoms with Crippen LogP contribution in [0.25, 0.3) is 22.4 Å². The van der Waals surface area contributed by atoms with Gasteiger partial charge in [-0.3, -0.25) is 10.1 Å².